The lowest BCUT2D eigenvalue weighted by molar-refractivity contribution is -0.115. The molecule has 142 valence electrons. The molecule has 1 fully saturated rings. The number of amides is 3. The summed E-state index contributed by atoms with van der Waals surface area (Å²) in [5.74, 6) is -0.712. The number of urea groups is 1. The van der Waals surface area contributed by atoms with Crippen LogP contribution in [0, 0.1) is 5.82 Å². The number of halogens is 1. The Morgan fingerprint density at radius 1 is 1.04 bits per heavy atom. The van der Waals surface area contributed by atoms with Gasteiger partial charge in [0.05, 0.1) is 12.5 Å². The summed E-state index contributed by atoms with van der Waals surface area (Å²) in [6, 6.07) is 12.6. The third kappa shape index (κ3) is 5.79. The quantitative estimate of drug-likeness (QED) is 0.729. The summed E-state index contributed by atoms with van der Waals surface area (Å²) in [6.45, 7) is 1.23. The van der Waals surface area contributed by atoms with Crippen molar-refractivity contribution in [3.05, 3.63) is 59.9 Å². The highest BCUT2D eigenvalue weighted by Crippen LogP contribution is 2.15. The molecule has 1 saturated heterocycles. The minimum atomic E-state index is -0.402. The van der Waals surface area contributed by atoms with Gasteiger partial charge in [0.15, 0.2) is 0 Å². The molecule has 6 nitrogen and oxygen atoms in total. The second kappa shape index (κ2) is 9.14. The van der Waals surface area contributed by atoms with Gasteiger partial charge in [-0.05, 0) is 48.7 Å². The van der Waals surface area contributed by atoms with Gasteiger partial charge in [0.1, 0.15) is 5.82 Å². The molecule has 1 atom stereocenters. The van der Waals surface area contributed by atoms with Gasteiger partial charge in [-0.3, -0.25) is 4.79 Å². The van der Waals surface area contributed by atoms with Crippen LogP contribution in [0.5, 0.6) is 0 Å². The summed E-state index contributed by atoms with van der Waals surface area (Å²) >= 11 is 0. The van der Waals surface area contributed by atoms with Crippen molar-refractivity contribution >= 4 is 23.3 Å². The van der Waals surface area contributed by atoms with Crippen LogP contribution >= 0.6 is 0 Å². The molecular weight excluding hydrogens is 349 g/mol. The maximum atomic E-state index is 13.6. The molecule has 0 aliphatic carbocycles. The van der Waals surface area contributed by atoms with Crippen LogP contribution in [0.25, 0.3) is 0 Å². The first-order valence-electron chi connectivity index (χ1n) is 8.90. The molecular formula is C20H22FN3O3. The first-order valence-corrected chi connectivity index (χ1v) is 8.90. The number of anilines is 2. The number of hydrogen-bond donors (Lipinski definition) is 3. The maximum Gasteiger partial charge on any atom is 0.319 e. The molecule has 0 radical (unpaired) electrons. The molecule has 7 heteroatoms. The Balaban J connectivity index is 1.45. The van der Waals surface area contributed by atoms with E-state index < -0.39 is 5.82 Å². The van der Waals surface area contributed by atoms with E-state index in [2.05, 4.69) is 16.0 Å². The van der Waals surface area contributed by atoms with E-state index in [1.807, 2.05) is 0 Å². The second-order valence-electron chi connectivity index (χ2n) is 6.36. The molecule has 3 amide bonds. The molecule has 0 aromatic heterocycles. The molecule has 2 aromatic rings. The van der Waals surface area contributed by atoms with Crippen molar-refractivity contribution in [2.45, 2.75) is 25.4 Å². The van der Waals surface area contributed by atoms with Gasteiger partial charge in [-0.25, -0.2) is 9.18 Å². The summed E-state index contributed by atoms with van der Waals surface area (Å²) < 4.78 is 19.0. The number of carbonyl (C=O) groups excluding carboxylic acids is 2. The lowest BCUT2D eigenvalue weighted by Gasteiger charge is -2.12. The van der Waals surface area contributed by atoms with E-state index >= 15 is 0 Å². The maximum absolute atomic E-state index is 13.6. The monoisotopic (exact) mass is 371 g/mol. The number of nitrogens with one attached hydrogen (secondary N) is 3. The van der Waals surface area contributed by atoms with E-state index in [-0.39, 0.29) is 24.5 Å². The van der Waals surface area contributed by atoms with Crippen molar-refractivity contribution in [3.63, 3.8) is 0 Å². The molecule has 3 N–H and O–H groups in total. The minimum absolute atomic E-state index is 0.0433. The topological polar surface area (TPSA) is 79.5 Å². The Morgan fingerprint density at radius 2 is 1.74 bits per heavy atom. The predicted octanol–water partition coefficient (Wildman–Crippen LogP) is 3.31. The van der Waals surface area contributed by atoms with Crippen molar-refractivity contribution in [2.24, 2.45) is 0 Å². The zero-order valence-electron chi connectivity index (χ0n) is 14.8. The average molecular weight is 371 g/mol. The first-order chi connectivity index (χ1) is 13.1. The van der Waals surface area contributed by atoms with Gasteiger partial charge in [-0.2, -0.15) is 0 Å². The summed E-state index contributed by atoms with van der Waals surface area (Å²) in [5.41, 5.74) is 1.52. The van der Waals surface area contributed by atoms with E-state index in [1.165, 1.54) is 6.07 Å². The third-order valence-electron chi connectivity index (χ3n) is 4.25. The van der Waals surface area contributed by atoms with Crippen LogP contribution in [0.3, 0.4) is 0 Å². The van der Waals surface area contributed by atoms with Crippen molar-refractivity contribution in [3.8, 4) is 0 Å². The SMILES string of the molecule is O=C(Cc1ccccc1F)Nc1ccc(NC(=O)NCC2CCCO2)cc1. The van der Waals surface area contributed by atoms with Gasteiger partial charge in [0, 0.05) is 24.5 Å². The molecule has 1 unspecified atom stereocenters. The molecule has 1 aliphatic heterocycles. The van der Waals surface area contributed by atoms with Gasteiger partial charge in [-0.15, -0.1) is 0 Å². The summed E-state index contributed by atoms with van der Waals surface area (Å²) in [6.07, 6.45) is 2.03. The molecule has 27 heavy (non-hydrogen) atoms. The largest absolute Gasteiger partial charge is 0.376 e. The number of carbonyl (C=O) groups is 2. The fourth-order valence-electron chi connectivity index (χ4n) is 2.84. The third-order valence-corrected chi connectivity index (χ3v) is 4.25. The number of rotatable bonds is 6. The van der Waals surface area contributed by atoms with Crippen LogP contribution in [0.1, 0.15) is 18.4 Å². The van der Waals surface area contributed by atoms with E-state index in [9.17, 15) is 14.0 Å². The normalized spacial score (nSPS) is 16.0. The molecule has 3 rings (SSSR count). The van der Waals surface area contributed by atoms with Crippen LogP contribution in [0.4, 0.5) is 20.6 Å². The van der Waals surface area contributed by atoms with Gasteiger partial charge in [-0.1, -0.05) is 18.2 Å². The highest BCUT2D eigenvalue weighted by Gasteiger charge is 2.16. The molecule has 2 aromatic carbocycles. The molecule has 0 bridgehead atoms. The average Bonchev–Trinajstić information content (AvgIpc) is 3.17. The van der Waals surface area contributed by atoms with Crippen LogP contribution in [0.2, 0.25) is 0 Å². The van der Waals surface area contributed by atoms with Gasteiger partial charge in [0.2, 0.25) is 5.91 Å². The smallest absolute Gasteiger partial charge is 0.319 e. The first kappa shape index (κ1) is 18.8. The van der Waals surface area contributed by atoms with Crippen molar-refractivity contribution in [2.75, 3.05) is 23.8 Å². The Morgan fingerprint density at radius 3 is 2.41 bits per heavy atom. The zero-order valence-corrected chi connectivity index (χ0v) is 14.8. The molecule has 0 saturated carbocycles. The van der Waals surface area contributed by atoms with Crippen LogP contribution in [-0.4, -0.2) is 31.2 Å². The highest BCUT2D eigenvalue weighted by molar-refractivity contribution is 5.93. The Kier molecular flexibility index (Phi) is 6.38. The van der Waals surface area contributed by atoms with E-state index in [1.54, 1.807) is 42.5 Å². The predicted molar refractivity (Wildman–Crippen MR) is 101 cm³/mol. The lowest BCUT2D eigenvalue weighted by atomic mass is 10.1. The zero-order chi connectivity index (χ0) is 19.1. The molecule has 1 heterocycles. The van der Waals surface area contributed by atoms with Crippen LogP contribution in [-0.2, 0) is 16.0 Å². The number of hydrogen-bond acceptors (Lipinski definition) is 3. The highest BCUT2D eigenvalue weighted by atomic mass is 19.1. The Hall–Kier alpha value is -2.93. The Labute approximate surface area is 157 Å². The van der Waals surface area contributed by atoms with E-state index in [4.69, 9.17) is 4.74 Å². The van der Waals surface area contributed by atoms with Crippen molar-refractivity contribution in [1.29, 1.82) is 0 Å². The van der Waals surface area contributed by atoms with Gasteiger partial charge in [0.25, 0.3) is 0 Å². The Bertz CT molecular complexity index is 789. The fourth-order valence-corrected chi connectivity index (χ4v) is 2.84. The minimum Gasteiger partial charge on any atom is -0.376 e. The lowest BCUT2D eigenvalue weighted by Crippen LogP contribution is -2.35. The molecule has 0 spiro atoms. The van der Waals surface area contributed by atoms with E-state index in [0.29, 0.717) is 23.5 Å². The van der Waals surface area contributed by atoms with Crippen LogP contribution in [0.15, 0.2) is 48.5 Å². The van der Waals surface area contributed by atoms with E-state index in [0.717, 1.165) is 19.4 Å². The number of ether oxygens (including phenoxy) is 1. The molecule has 1 aliphatic rings. The van der Waals surface area contributed by atoms with Gasteiger partial charge < -0.3 is 20.7 Å². The summed E-state index contributed by atoms with van der Waals surface area (Å²) in [5, 5.41) is 8.21. The van der Waals surface area contributed by atoms with Crippen molar-refractivity contribution < 1.29 is 18.7 Å². The van der Waals surface area contributed by atoms with Gasteiger partial charge >= 0.3 is 6.03 Å². The number of benzene rings is 2. The fraction of sp³-hybridized carbons (Fsp3) is 0.300. The standard InChI is InChI=1S/C20H22FN3O3/c21-18-6-2-1-4-14(18)12-19(25)23-15-7-9-16(10-8-15)24-20(26)22-13-17-5-3-11-27-17/h1-2,4,6-10,17H,3,5,11-13H2,(H,23,25)(H2,22,24,26). The summed E-state index contributed by atoms with van der Waals surface area (Å²) in [7, 11) is 0. The second-order valence-corrected chi connectivity index (χ2v) is 6.36. The summed E-state index contributed by atoms with van der Waals surface area (Å²) in [4.78, 5) is 23.9. The van der Waals surface area contributed by atoms with Crippen LogP contribution < -0.4 is 16.0 Å². The van der Waals surface area contributed by atoms with Crippen molar-refractivity contribution in [1.82, 2.24) is 5.32 Å².